The number of nitrogens with one attached hydrogen (secondary N) is 1. The second-order valence-corrected chi connectivity index (χ2v) is 4.92. The molecular weight excluding hydrogens is 240 g/mol. The molecule has 0 aliphatic rings. The fourth-order valence-electron chi connectivity index (χ4n) is 1.92. The van der Waals surface area contributed by atoms with Gasteiger partial charge in [-0.05, 0) is 26.0 Å². The second kappa shape index (κ2) is 5.89. The van der Waals surface area contributed by atoms with E-state index in [0.29, 0.717) is 18.8 Å². The normalized spacial score (nSPS) is 11.2. The molecule has 0 radical (unpaired) electrons. The number of nitrogens with zero attached hydrogens (tertiary/aromatic N) is 1. The molecule has 0 saturated carbocycles. The average molecular weight is 260 g/mol. The highest BCUT2D eigenvalue weighted by Crippen LogP contribution is 2.15. The maximum atomic E-state index is 12.2. The van der Waals surface area contributed by atoms with Gasteiger partial charge in [0.05, 0.1) is 12.7 Å². The largest absolute Gasteiger partial charge is 0.377 e. The lowest BCUT2D eigenvalue weighted by Crippen LogP contribution is -2.31. The van der Waals surface area contributed by atoms with Crippen molar-refractivity contribution in [1.82, 2.24) is 9.88 Å². The highest BCUT2D eigenvalue weighted by atomic mass is 16.5. The summed E-state index contributed by atoms with van der Waals surface area (Å²) in [6.07, 6.45) is 0.191. The van der Waals surface area contributed by atoms with Crippen LogP contribution in [-0.2, 0) is 4.74 Å². The number of likely N-dealkylation sites (N-methyl/N-ethyl adjacent to an activating group) is 1. The van der Waals surface area contributed by atoms with E-state index in [1.807, 2.05) is 44.2 Å². The SMILES string of the molecule is CC(C)OCCN(C)C(=O)c1cc2ccccc2[nH]1. The number of rotatable bonds is 5. The fourth-order valence-corrected chi connectivity index (χ4v) is 1.92. The first-order valence-electron chi connectivity index (χ1n) is 6.52. The topological polar surface area (TPSA) is 45.3 Å². The fraction of sp³-hybridized carbons (Fsp3) is 0.400. The number of benzene rings is 1. The molecule has 1 amide bonds. The molecule has 2 rings (SSSR count). The highest BCUT2D eigenvalue weighted by Gasteiger charge is 2.14. The van der Waals surface area contributed by atoms with Gasteiger partial charge in [0.25, 0.3) is 5.91 Å². The van der Waals surface area contributed by atoms with E-state index < -0.39 is 0 Å². The molecule has 102 valence electrons. The molecule has 1 N–H and O–H groups in total. The standard InChI is InChI=1S/C15H20N2O2/c1-11(2)19-9-8-17(3)15(18)14-10-12-6-4-5-7-13(12)16-14/h4-7,10-11,16H,8-9H2,1-3H3. The van der Waals surface area contributed by atoms with Gasteiger partial charge in [0.15, 0.2) is 0 Å². The molecule has 0 spiro atoms. The minimum atomic E-state index is -0.0106. The Morgan fingerprint density at radius 2 is 2.11 bits per heavy atom. The number of hydrogen-bond acceptors (Lipinski definition) is 2. The molecule has 0 fully saturated rings. The molecule has 19 heavy (non-hydrogen) atoms. The van der Waals surface area contributed by atoms with Crippen molar-refractivity contribution in [2.24, 2.45) is 0 Å². The number of fused-ring (bicyclic) bond motifs is 1. The number of hydrogen-bond donors (Lipinski definition) is 1. The lowest BCUT2D eigenvalue weighted by molar-refractivity contribution is 0.0529. The average Bonchev–Trinajstić information content (AvgIpc) is 2.80. The minimum Gasteiger partial charge on any atom is -0.377 e. The van der Waals surface area contributed by atoms with Gasteiger partial charge in [-0.15, -0.1) is 0 Å². The Morgan fingerprint density at radius 1 is 1.37 bits per heavy atom. The van der Waals surface area contributed by atoms with Gasteiger partial charge in [0.1, 0.15) is 5.69 Å². The first-order valence-corrected chi connectivity index (χ1v) is 6.52. The molecule has 0 aliphatic carbocycles. The molecule has 0 bridgehead atoms. The van der Waals surface area contributed by atoms with Crippen molar-refractivity contribution in [1.29, 1.82) is 0 Å². The van der Waals surface area contributed by atoms with Gasteiger partial charge in [-0.2, -0.15) is 0 Å². The minimum absolute atomic E-state index is 0.0106. The van der Waals surface area contributed by atoms with Gasteiger partial charge in [-0.3, -0.25) is 4.79 Å². The van der Waals surface area contributed by atoms with Crippen molar-refractivity contribution in [2.45, 2.75) is 20.0 Å². The summed E-state index contributed by atoms with van der Waals surface area (Å²) in [5, 5.41) is 1.05. The van der Waals surface area contributed by atoms with Gasteiger partial charge >= 0.3 is 0 Å². The summed E-state index contributed by atoms with van der Waals surface area (Å²) in [5.74, 6) is -0.0106. The Labute approximate surface area is 113 Å². The van der Waals surface area contributed by atoms with Crippen molar-refractivity contribution < 1.29 is 9.53 Å². The first-order chi connectivity index (χ1) is 9.08. The zero-order valence-corrected chi connectivity index (χ0v) is 11.6. The molecule has 0 aliphatic heterocycles. The van der Waals surface area contributed by atoms with Crippen molar-refractivity contribution in [2.75, 3.05) is 20.2 Å². The van der Waals surface area contributed by atoms with Crippen molar-refractivity contribution >= 4 is 16.8 Å². The monoisotopic (exact) mass is 260 g/mol. The lowest BCUT2D eigenvalue weighted by atomic mass is 10.2. The maximum absolute atomic E-state index is 12.2. The molecule has 1 heterocycles. The van der Waals surface area contributed by atoms with Crippen LogP contribution in [0.2, 0.25) is 0 Å². The third-order valence-corrected chi connectivity index (χ3v) is 2.98. The van der Waals surface area contributed by atoms with Gasteiger partial charge in [0, 0.05) is 24.5 Å². The molecule has 1 aromatic carbocycles. The second-order valence-electron chi connectivity index (χ2n) is 4.92. The Balaban J connectivity index is 2.02. The summed E-state index contributed by atoms with van der Waals surface area (Å²) in [6.45, 7) is 5.12. The van der Waals surface area contributed by atoms with Gasteiger partial charge < -0.3 is 14.6 Å². The van der Waals surface area contributed by atoms with Crippen molar-refractivity contribution in [3.8, 4) is 0 Å². The van der Waals surface area contributed by atoms with Crippen LogP contribution in [0, 0.1) is 0 Å². The molecule has 0 saturated heterocycles. The summed E-state index contributed by atoms with van der Waals surface area (Å²) in [4.78, 5) is 17.0. The summed E-state index contributed by atoms with van der Waals surface area (Å²) in [6, 6.07) is 9.76. The Bertz CT molecular complexity index is 527. The van der Waals surface area contributed by atoms with Crippen LogP contribution < -0.4 is 0 Å². The van der Waals surface area contributed by atoms with Crippen LogP contribution in [0.1, 0.15) is 24.3 Å². The van der Waals surface area contributed by atoms with Crippen molar-refractivity contribution in [3.63, 3.8) is 0 Å². The highest BCUT2D eigenvalue weighted by molar-refractivity contribution is 5.97. The van der Waals surface area contributed by atoms with Gasteiger partial charge in [-0.1, -0.05) is 18.2 Å². The van der Waals surface area contributed by atoms with Crippen LogP contribution in [0.5, 0.6) is 0 Å². The third-order valence-electron chi connectivity index (χ3n) is 2.98. The number of aromatic nitrogens is 1. The Kier molecular flexibility index (Phi) is 4.22. The van der Waals surface area contributed by atoms with Crippen LogP contribution in [0.3, 0.4) is 0 Å². The lowest BCUT2D eigenvalue weighted by Gasteiger charge is -2.17. The zero-order chi connectivity index (χ0) is 13.8. The Morgan fingerprint density at radius 3 is 2.79 bits per heavy atom. The molecule has 4 nitrogen and oxygen atoms in total. The van der Waals surface area contributed by atoms with E-state index in [9.17, 15) is 4.79 Å². The van der Waals surface area contributed by atoms with Crippen LogP contribution >= 0.6 is 0 Å². The number of H-pyrrole nitrogens is 1. The number of carbonyl (C=O) groups is 1. The Hall–Kier alpha value is -1.81. The summed E-state index contributed by atoms with van der Waals surface area (Å²) >= 11 is 0. The van der Waals surface area contributed by atoms with Crippen LogP contribution in [0.4, 0.5) is 0 Å². The van der Waals surface area contributed by atoms with E-state index in [1.54, 1.807) is 11.9 Å². The quantitative estimate of drug-likeness (QED) is 0.898. The van der Waals surface area contributed by atoms with Crippen LogP contribution in [0.25, 0.3) is 10.9 Å². The van der Waals surface area contributed by atoms with E-state index in [1.165, 1.54) is 0 Å². The third kappa shape index (κ3) is 3.35. The number of para-hydroxylation sites is 1. The van der Waals surface area contributed by atoms with E-state index in [2.05, 4.69) is 4.98 Å². The zero-order valence-electron chi connectivity index (χ0n) is 11.6. The summed E-state index contributed by atoms with van der Waals surface area (Å²) < 4.78 is 5.45. The van der Waals surface area contributed by atoms with E-state index in [4.69, 9.17) is 4.74 Å². The van der Waals surface area contributed by atoms with Crippen LogP contribution in [-0.4, -0.2) is 42.1 Å². The number of carbonyl (C=O) groups excluding carboxylic acids is 1. The van der Waals surface area contributed by atoms with E-state index >= 15 is 0 Å². The molecular formula is C15H20N2O2. The summed E-state index contributed by atoms with van der Waals surface area (Å²) in [5.41, 5.74) is 1.60. The van der Waals surface area contributed by atoms with Gasteiger partial charge in [-0.25, -0.2) is 0 Å². The van der Waals surface area contributed by atoms with Crippen molar-refractivity contribution in [3.05, 3.63) is 36.0 Å². The van der Waals surface area contributed by atoms with E-state index in [0.717, 1.165) is 10.9 Å². The molecule has 0 atom stereocenters. The maximum Gasteiger partial charge on any atom is 0.270 e. The molecule has 1 aromatic heterocycles. The number of aromatic amines is 1. The smallest absolute Gasteiger partial charge is 0.270 e. The van der Waals surface area contributed by atoms with E-state index in [-0.39, 0.29) is 12.0 Å². The van der Waals surface area contributed by atoms with Gasteiger partial charge in [0.2, 0.25) is 0 Å². The number of ether oxygens (including phenoxy) is 1. The first kappa shape index (κ1) is 13.6. The molecule has 0 unspecified atom stereocenters. The van der Waals surface area contributed by atoms with Crippen LogP contribution in [0.15, 0.2) is 30.3 Å². The molecule has 2 aromatic rings. The molecule has 4 heteroatoms. The predicted octanol–water partition coefficient (Wildman–Crippen LogP) is 2.66. The predicted molar refractivity (Wildman–Crippen MR) is 76.3 cm³/mol. The number of amides is 1. The summed E-state index contributed by atoms with van der Waals surface area (Å²) in [7, 11) is 1.79.